The van der Waals surface area contributed by atoms with Gasteiger partial charge in [0, 0.05) is 11.1 Å². The molecule has 0 spiro atoms. The fourth-order valence-corrected chi connectivity index (χ4v) is 4.44. The summed E-state index contributed by atoms with van der Waals surface area (Å²) >= 11 is 6.56. The van der Waals surface area contributed by atoms with Crippen molar-refractivity contribution in [3.63, 3.8) is 0 Å². The number of carbonyl (C=O) groups is 1. The molecule has 0 radical (unpaired) electrons. The van der Waals surface area contributed by atoms with Gasteiger partial charge in [0.2, 0.25) is 5.95 Å². The van der Waals surface area contributed by atoms with Crippen molar-refractivity contribution >= 4 is 35.5 Å². The second-order valence-corrected chi connectivity index (χ2v) is 8.59. The van der Waals surface area contributed by atoms with E-state index in [1.165, 1.54) is 6.08 Å². The van der Waals surface area contributed by atoms with E-state index < -0.39 is 0 Å². The zero-order valence-corrected chi connectivity index (χ0v) is 19.8. The van der Waals surface area contributed by atoms with Crippen molar-refractivity contribution in [3.05, 3.63) is 107 Å². The number of benzene rings is 3. The number of nitrogens with zero attached hydrogens (tertiary/aromatic N) is 3. The molecule has 176 valence electrons. The Hall–Kier alpha value is -4.10. The zero-order chi connectivity index (χ0) is 24.2. The Balaban J connectivity index is 1.40. The normalized spacial score (nSPS) is 17.0. The molecule has 0 aliphatic carbocycles. The lowest BCUT2D eigenvalue weighted by Gasteiger charge is -2.32. The number of anilines is 2. The molecule has 1 aliphatic heterocycles. The molecule has 8 heteroatoms. The number of amides is 1. The maximum Gasteiger partial charge on any atom is 0.250 e. The SMILES string of the molecule is COc1ccc(/C=C/C(=O)Nc2nc3n(n2)[C@@H](c2ccccc2Cl)C[C@H](c2ccccc2)N3)cc1. The summed E-state index contributed by atoms with van der Waals surface area (Å²) in [4.78, 5) is 17.1. The van der Waals surface area contributed by atoms with Gasteiger partial charge in [-0.1, -0.05) is 72.3 Å². The van der Waals surface area contributed by atoms with Gasteiger partial charge >= 0.3 is 0 Å². The summed E-state index contributed by atoms with van der Waals surface area (Å²) in [6.45, 7) is 0. The Morgan fingerprint density at radius 2 is 1.83 bits per heavy atom. The van der Waals surface area contributed by atoms with E-state index in [0.717, 1.165) is 28.9 Å². The van der Waals surface area contributed by atoms with Crippen LogP contribution in [0, 0.1) is 0 Å². The molecule has 5 rings (SSSR count). The van der Waals surface area contributed by atoms with Crippen LogP contribution in [0.15, 0.2) is 84.9 Å². The van der Waals surface area contributed by atoms with E-state index in [1.807, 2.05) is 66.7 Å². The first-order chi connectivity index (χ1) is 17.1. The van der Waals surface area contributed by atoms with Gasteiger partial charge in [0.15, 0.2) is 0 Å². The minimum absolute atomic E-state index is 0.0210. The number of hydrogen-bond acceptors (Lipinski definition) is 5. The molecule has 1 aliphatic rings. The molecular formula is C27H24ClN5O2. The number of methoxy groups -OCH3 is 1. The summed E-state index contributed by atoms with van der Waals surface area (Å²) in [5, 5.41) is 11.5. The van der Waals surface area contributed by atoms with Crippen LogP contribution >= 0.6 is 11.6 Å². The van der Waals surface area contributed by atoms with Crippen molar-refractivity contribution in [2.75, 3.05) is 17.7 Å². The van der Waals surface area contributed by atoms with Gasteiger partial charge in [0.05, 0.1) is 19.2 Å². The average Bonchev–Trinajstić information content (AvgIpc) is 3.30. The second kappa shape index (κ2) is 10.0. The first-order valence-corrected chi connectivity index (χ1v) is 11.6. The number of fused-ring (bicyclic) bond motifs is 1. The minimum atomic E-state index is -0.322. The van der Waals surface area contributed by atoms with Crippen LogP contribution in [0.4, 0.5) is 11.9 Å². The molecule has 4 aromatic rings. The highest BCUT2D eigenvalue weighted by Gasteiger charge is 2.32. The van der Waals surface area contributed by atoms with E-state index in [9.17, 15) is 4.79 Å². The van der Waals surface area contributed by atoms with Crippen LogP contribution in [-0.2, 0) is 4.79 Å². The molecule has 0 bridgehead atoms. The van der Waals surface area contributed by atoms with Gasteiger partial charge in [-0.05, 0) is 47.4 Å². The molecule has 2 heterocycles. The summed E-state index contributed by atoms with van der Waals surface area (Å²) in [5.41, 5.74) is 2.98. The van der Waals surface area contributed by atoms with Crippen molar-refractivity contribution in [2.45, 2.75) is 18.5 Å². The Kier molecular flexibility index (Phi) is 6.50. The van der Waals surface area contributed by atoms with Crippen LogP contribution < -0.4 is 15.4 Å². The van der Waals surface area contributed by atoms with Gasteiger partial charge in [-0.15, -0.1) is 5.10 Å². The topological polar surface area (TPSA) is 81.1 Å². The Labute approximate surface area is 208 Å². The number of nitrogens with one attached hydrogen (secondary N) is 2. The number of halogens is 1. The molecule has 2 N–H and O–H groups in total. The summed E-state index contributed by atoms with van der Waals surface area (Å²) in [5.74, 6) is 1.23. The monoisotopic (exact) mass is 485 g/mol. The summed E-state index contributed by atoms with van der Waals surface area (Å²) in [7, 11) is 1.61. The van der Waals surface area contributed by atoms with E-state index in [4.69, 9.17) is 16.3 Å². The zero-order valence-electron chi connectivity index (χ0n) is 19.1. The number of aromatic nitrogens is 3. The first kappa shape index (κ1) is 22.7. The molecular weight excluding hydrogens is 462 g/mol. The third-order valence-electron chi connectivity index (χ3n) is 5.93. The van der Waals surface area contributed by atoms with Crippen LogP contribution in [-0.4, -0.2) is 27.8 Å². The largest absolute Gasteiger partial charge is 0.497 e. The van der Waals surface area contributed by atoms with Crippen LogP contribution in [0.5, 0.6) is 5.75 Å². The lowest BCUT2D eigenvalue weighted by Crippen LogP contribution is -2.28. The van der Waals surface area contributed by atoms with Gasteiger partial charge < -0.3 is 10.1 Å². The van der Waals surface area contributed by atoms with Crippen LogP contribution in [0.3, 0.4) is 0 Å². The Morgan fingerprint density at radius 1 is 1.09 bits per heavy atom. The number of rotatable bonds is 6. The molecule has 0 unspecified atom stereocenters. The number of ether oxygens (including phenoxy) is 1. The first-order valence-electron chi connectivity index (χ1n) is 11.3. The molecule has 35 heavy (non-hydrogen) atoms. The summed E-state index contributed by atoms with van der Waals surface area (Å²) in [6.07, 6.45) is 3.91. The lowest BCUT2D eigenvalue weighted by molar-refractivity contribution is -0.111. The molecule has 0 fully saturated rings. The third-order valence-corrected chi connectivity index (χ3v) is 6.28. The van der Waals surface area contributed by atoms with Crippen LogP contribution in [0.25, 0.3) is 6.08 Å². The Morgan fingerprint density at radius 3 is 2.57 bits per heavy atom. The maximum absolute atomic E-state index is 12.6. The van der Waals surface area contributed by atoms with E-state index in [2.05, 4.69) is 32.8 Å². The molecule has 0 saturated heterocycles. The summed E-state index contributed by atoms with van der Waals surface area (Å²) in [6, 6.07) is 25.2. The van der Waals surface area contributed by atoms with Crippen molar-refractivity contribution in [1.29, 1.82) is 0 Å². The van der Waals surface area contributed by atoms with Crippen molar-refractivity contribution in [1.82, 2.24) is 14.8 Å². The van der Waals surface area contributed by atoms with Crippen molar-refractivity contribution < 1.29 is 9.53 Å². The fraction of sp³-hybridized carbons (Fsp3) is 0.148. The van der Waals surface area contributed by atoms with E-state index >= 15 is 0 Å². The van der Waals surface area contributed by atoms with E-state index in [0.29, 0.717) is 11.0 Å². The molecule has 1 aromatic heterocycles. The lowest BCUT2D eigenvalue weighted by atomic mass is 9.93. The standard InChI is InChI=1S/C27H24ClN5O2/c1-35-20-14-11-18(12-15-20)13-16-25(34)30-26-31-27-29-23(19-7-3-2-4-8-19)17-24(33(27)32-26)21-9-5-6-10-22(21)28/h2-16,23-24H,17H2,1H3,(H2,29,30,31,32,34)/b16-13+/t23-,24-/m1/s1. The molecule has 7 nitrogen and oxygen atoms in total. The van der Waals surface area contributed by atoms with Crippen LogP contribution in [0.2, 0.25) is 5.02 Å². The highest BCUT2D eigenvalue weighted by Crippen LogP contribution is 2.40. The number of carbonyl (C=O) groups excluding carboxylic acids is 1. The predicted molar refractivity (Wildman–Crippen MR) is 138 cm³/mol. The van der Waals surface area contributed by atoms with Crippen molar-refractivity contribution in [2.24, 2.45) is 0 Å². The minimum Gasteiger partial charge on any atom is -0.497 e. The average molecular weight is 486 g/mol. The molecule has 2 atom stereocenters. The van der Waals surface area contributed by atoms with Gasteiger partial charge in [-0.3, -0.25) is 10.1 Å². The Bertz CT molecular complexity index is 1350. The van der Waals surface area contributed by atoms with Gasteiger partial charge in [0.1, 0.15) is 5.75 Å². The van der Waals surface area contributed by atoms with E-state index in [1.54, 1.807) is 17.9 Å². The third kappa shape index (κ3) is 5.05. The highest BCUT2D eigenvalue weighted by atomic mass is 35.5. The van der Waals surface area contributed by atoms with Gasteiger partial charge in [-0.2, -0.15) is 4.98 Å². The molecule has 3 aromatic carbocycles. The molecule has 0 saturated carbocycles. The maximum atomic E-state index is 12.6. The second-order valence-electron chi connectivity index (χ2n) is 8.18. The summed E-state index contributed by atoms with van der Waals surface area (Å²) < 4.78 is 6.96. The molecule has 1 amide bonds. The number of hydrogen-bond donors (Lipinski definition) is 2. The van der Waals surface area contributed by atoms with Gasteiger partial charge in [0.25, 0.3) is 11.9 Å². The van der Waals surface area contributed by atoms with Crippen molar-refractivity contribution in [3.8, 4) is 5.75 Å². The quantitative estimate of drug-likeness (QED) is 0.340. The van der Waals surface area contributed by atoms with E-state index in [-0.39, 0.29) is 23.9 Å². The highest BCUT2D eigenvalue weighted by molar-refractivity contribution is 6.31. The van der Waals surface area contributed by atoms with Gasteiger partial charge in [-0.25, -0.2) is 4.68 Å². The van der Waals surface area contributed by atoms with Crippen LogP contribution in [0.1, 0.15) is 35.2 Å². The predicted octanol–water partition coefficient (Wildman–Crippen LogP) is 5.74. The fourth-order valence-electron chi connectivity index (χ4n) is 4.18. The smallest absolute Gasteiger partial charge is 0.250 e.